The van der Waals surface area contributed by atoms with Crippen LogP contribution in [0.3, 0.4) is 0 Å². The fraction of sp³-hybridized carbons (Fsp3) is 0.357. The minimum absolute atomic E-state index is 0.0495. The van der Waals surface area contributed by atoms with Crippen molar-refractivity contribution >= 4 is 11.9 Å². The normalized spacial score (nSPS) is 19.0. The fourth-order valence-electron chi connectivity index (χ4n) is 5.41. The van der Waals surface area contributed by atoms with Gasteiger partial charge in [-0.25, -0.2) is 13.2 Å². The van der Waals surface area contributed by atoms with Crippen molar-refractivity contribution in [2.75, 3.05) is 13.3 Å². The number of halogens is 3. The molecule has 0 N–H and O–H groups in total. The van der Waals surface area contributed by atoms with Gasteiger partial charge in [0.2, 0.25) is 18.0 Å². The van der Waals surface area contributed by atoms with Crippen LogP contribution in [0.5, 0.6) is 5.75 Å². The molecule has 2 aliphatic heterocycles. The molecular formula is C28H26F3N3O5. The summed E-state index contributed by atoms with van der Waals surface area (Å²) in [5.41, 5.74) is -0.632. The lowest BCUT2D eigenvalue weighted by Gasteiger charge is -2.42. The number of rotatable bonds is 7. The molecule has 5 rings (SSSR count). The maximum Gasteiger partial charge on any atom is 0.311 e. The second-order valence-electron chi connectivity index (χ2n) is 9.89. The summed E-state index contributed by atoms with van der Waals surface area (Å²) in [7, 11) is 0. The number of amides is 1. The zero-order chi connectivity index (χ0) is 27.8. The molecule has 1 unspecified atom stereocenters. The van der Waals surface area contributed by atoms with E-state index in [2.05, 4.69) is 5.10 Å². The topological polar surface area (TPSA) is 90.7 Å². The van der Waals surface area contributed by atoms with Crippen LogP contribution in [0.15, 0.2) is 53.5 Å². The summed E-state index contributed by atoms with van der Waals surface area (Å²) in [6.45, 7) is 3.00. The third kappa shape index (κ3) is 4.77. The highest BCUT2D eigenvalue weighted by Gasteiger charge is 2.49. The molecule has 2 aromatic carbocycles. The Labute approximate surface area is 221 Å². The molecule has 3 aromatic rings. The van der Waals surface area contributed by atoms with E-state index < -0.39 is 65.5 Å². The van der Waals surface area contributed by atoms with E-state index in [0.717, 1.165) is 12.3 Å². The Balaban J connectivity index is 1.69. The quantitative estimate of drug-likeness (QED) is 0.329. The third-order valence-corrected chi connectivity index (χ3v) is 7.15. The number of carbonyl (C=O) groups is 2. The van der Waals surface area contributed by atoms with Gasteiger partial charge in [0.15, 0.2) is 17.3 Å². The van der Waals surface area contributed by atoms with Gasteiger partial charge < -0.3 is 14.4 Å². The van der Waals surface area contributed by atoms with Crippen LogP contribution in [-0.4, -0.2) is 45.9 Å². The predicted molar refractivity (Wildman–Crippen MR) is 133 cm³/mol. The molecule has 11 heteroatoms. The maximum atomic E-state index is 15.3. The SMILES string of the molecule is CC(C)C(=O)OCOc1c2n(ncc1=O)[C@@H](C(c1cccc(F)c1)c1cccc(F)c1F)[C@H]1CCCN1C2=O. The Bertz CT molecular complexity index is 1490. The lowest BCUT2D eigenvalue weighted by atomic mass is 9.79. The van der Waals surface area contributed by atoms with Crippen LogP contribution in [0.4, 0.5) is 13.2 Å². The van der Waals surface area contributed by atoms with E-state index in [1.165, 1.54) is 35.0 Å². The maximum absolute atomic E-state index is 15.3. The van der Waals surface area contributed by atoms with Crippen molar-refractivity contribution in [3.05, 3.63) is 93.2 Å². The van der Waals surface area contributed by atoms with Crippen molar-refractivity contribution in [2.45, 2.75) is 44.7 Å². The van der Waals surface area contributed by atoms with Crippen molar-refractivity contribution in [1.29, 1.82) is 0 Å². The average molecular weight is 542 g/mol. The number of hydrogen-bond acceptors (Lipinski definition) is 6. The molecule has 0 saturated carbocycles. The Hall–Kier alpha value is -4.15. The van der Waals surface area contributed by atoms with Gasteiger partial charge in [-0.3, -0.25) is 19.1 Å². The van der Waals surface area contributed by atoms with Crippen molar-refractivity contribution in [3.8, 4) is 5.75 Å². The molecule has 1 fully saturated rings. The summed E-state index contributed by atoms with van der Waals surface area (Å²) in [4.78, 5) is 39.9. The Morgan fingerprint density at radius 1 is 1.13 bits per heavy atom. The summed E-state index contributed by atoms with van der Waals surface area (Å²) in [5.74, 6) is -5.65. The number of nitrogens with zero attached hydrogens (tertiary/aromatic N) is 3. The molecule has 39 heavy (non-hydrogen) atoms. The van der Waals surface area contributed by atoms with Crippen LogP contribution < -0.4 is 10.2 Å². The smallest absolute Gasteiger partial charge is 0.311 e. The van der Waals surface area contributed by atoms with E-state index in [9.17, 15) is 23.2 Å². The zero-order valence-corrected chi connectivity index (χ0v) is 21.3. The summed E-state index contributed by atoms with van der Waals surface area (Å²) >= 11 is 0. The van der Waals surface area contributed by atoms with Gasteiger partial charge in [-0.2, -0.15) is 5.10 Å². The van der Waals surface area contributed by atoms with E-state index >= 15 is 4.39 Å². The predicted octanol–water partition coefficient (Wildman–Crippen LogP) is 4.19. The van der Waals surface area contributed by atoms with Gasteiger partial charge in [0, 0.05) is 18.0 Å². The van der Waals surface area contributed by atoms with Gasteiger partial charge >= 0.3 is 5.97 Å². The van der Waals surface area contributed by atoms with Gasteiger partial charge in [-0.05, 0) is 36.6 Å². The van der Waals surface area contributed by atoms with Crippen molar-refractivity contribution in [3.63, 3.8) is 0 Å². The molecular weight excluding hydrogens is 515 g/mol. The average Bonchev–Trinajstić information content (AvgIpc) is 3.39. The molecule has 204 valence electrons. The van der Waals surface area contributed by atoms with Crippen LogP contribution in [0.2, 0.25) is 0 Å². The lowest BCUT2D eigenvalue weighted by Crippen LogP contribution is -2.51. The first-order valence-electron chi connectivity index (χ1n) is 12.6. The minimum Gasteiger partial charge on any atom is -0.451 e. The first-order chi connectivity index (χ1) is 18.7. The highest BCUT2D eigenvalue weighted by atomic mass is 19.2. The number of esters is 1. The van der Waals surface area contributed by atoms with Gasteiger partial charge in [0.1, 0.15) is 5.82 Å². The van der Waals surface area contributed by atoms with Crippen LogP contribution in [0.1, 0.15) is 60.3 Å². The van der Waals surface area contributed by atoms with E-state index in [4.69, 9.17) is 9.47 Å². The zero-order valence-electron chi connectivity index (χ0n) is 21.3. The van der Waals surface area contributed by atoms with E-state index in [0.29, 0.717) is 24.9 Å². The van der Waals surface area contributed by atoms with Crippen LogP contribution in [0, 0.1) is 23.4 Å². The van der Waals surface area contributed by atoms with Crippen molar-refractivity contribution in [2.24, 2.45) is 5.92 Å². The van der Waals surface area contributed by atoms with Gasteiger partial charge in [0.25, 0.3) is 5.91 Å². The summed E-state index contributed by atoms with van der Waals surface area (Å²) in [6.07, 6.45) is 2.10. The molecule has 1 saturated heterocycles. The van der Waals surface area contributed by atoms with E-state index in [1.54, 1.807) is 24.8 Å². The van der Waals surface area contributed by atoms with Gasteiger partial charge in [-0.1, -0.05) is 38.1 Å². The molecule has 1 amide bonds. The highest BCUT2D eigenvalue weighted by molar-refractivity contribution is 5.96. The number of aromatic nitrogens is 2. The van der Waals surface area contributed by atoms with Crippen LogP contribution >= 0.6 is 0 Å². The number of carbonyl (C=O) groups excluding carboxylic acids is 2. The summed E-state index contributed by atoms with van der Waals surface area (Å²) < 4.78 is 56.1. The molecule has 3 atom stereocenters. The van der Waals surface area contributed by atoms with Gasteiger partial charge in [0.05, 0.1) is 24.2 Å². The number of hydrogen-bond donors (Lipinski definition) is 0. The fourth-order valence-corrected chi connectivity index (χ4v) is 5.41. The Morgan fingerprint density at radius 2 is 1.90 bits per heavy atom. The first kappa shape index (κ1) is 26.5. The lowest BCUT2D eigenvalue weighted by molar-refractivity contribution is -0.154. The summed E-state index contributed by atoms with van der Waals surface area (Å²) in [5, 5.41) is 4.25. The standard InChI is InChI=1S/C28H26F3N3O5/c1-15(2)28(37)39-14-38-26-21(35)13-32-34-24(20-10-5-11-33(20)27(36)25(26)34)22(16-6-3-7-17(29)12-16)18-8-4-9-19(30)23(18)31/h3-4,6-9,12-13,15,20,22,24H,5,10-11,14H2,1-2H3/t20-,22?,24-/m1/s1. The van der Waals surface area contributed by atoms with E-state index in [-0.39, 0.29) is 17.0 Å². The third-order valence-electron chi connectivity index (χ3n) is 7.15. The number of ether oxygens (including phenoxy) is 2. The molecule has 0 spiro atoms. The van der Waals surface area contributed by atoms with Crippen molar-refractivity contribution < 1.29 is 32.2 Å². The molecule has 0 radical (unpaired) electrons. The molecule has 2 aliphatic rings. The van der Waals surface area contributed by atoms with Crippen molar-refractivity contribution in [1.82, 2.24) is 14.7 Å². The number of fused-ring (bicyclic) bond motifs is 2. The molecule has 1 aromatic heterocycles. The van der Waals surface area contributed by atoms with Crippen LogP contribution in [-0.2, 0) is 9.53 Å². The Kier molecular flexibility index (Phi) is 7.16. The highest BCUT2D eigenvalue weighted by Crippen LogP contribution is 2.46. The second kappa shape index (κ2) is 10.5. The first-order valence-corrected chi connectivity index (χ1v) is 12.6. The largest absolute Gasteiger partial charge is 0.451 e. The van der Waals surface area contributed by atoms with Gasteiger partial charge in [-0.15, -0.1) is 0 Å². The molecule has 8 nitrogen and oxygen atoms in total. The molecule has 3 heterocycles. The van der Waals surface area contributed by atoms with E-state index in [1.807, 2.05) is 0 Å². The second-order valence-corrected chi connectivity index (χ2v) is 9.89. The minimum atomic E-state index is -1.10. The number of benzene rings is 2. The Morgan fingerprint density at radius 3 is 2.64 bits per heavy atom. The molecule has 0 aliphatic carbocycles. The monoisotopic (exact) mass is 541 g/mol. The summed E-state index contributed by atoms with van der Waals surface area (Å²) in [6, 6.07) is 7.93. The van der Waals surface area contributed by atoms with Crippen LogP contribution in [0.25, 0.3) is 0 Å². The molecule has 0 bridgehead atoms.